The fourth-order valence-corrected chi connectivity index (χ4v) is 6.04. The van der Waals surface area contributed by atoms with Crippen LogP contribution in [-0.2, 0) is 36.7 Å². The fourth-order valence-electron chi connectivity index (χ4n) is 4.94. The van der Waals surface area contributed by atoms with Crippen molar-refractivity contribution in [3.8, 4) is 0 Å². The number of likely N-dealkylation sites (tertiary alicyclic amines) is 1. The van der Waals surface area contributed by atoms with Crippen molar-refractivity contribution < 1.29 is 9.00 Å². The summed E-state index contributed by atoms with van der Waals surface area (Å²) in [5.74, 6) is 0. The zero-order valence-electron chi connectivity index (χ0n) is 16.3. The first-order valence-corrected chi connectivity index (χ1v) is 11.7. The van der Waals surface area contributed by atoms with Crippen LogP contribution in [0, 0.1) is 0 Å². The van der Waals surface area contributed by atoms with E-state index in [-0.39, 0.29) is 11.3 Å². The lowest BCUT2D eigenvalue weighted by atomic mass is 9.99. The molecule has 2 unspecified atom stereocenters. The van der Waals surface area contributed by atoms with Crippen molar-refractivity contribution in [2.45, 2.75) is 70.0 Å². The van der Waals surface area contributed by atoms with E-state index >= 15 is 0 Å². The third kappa shape index (κ3) is 4.06. The van der Waals surface area contributed by atoms with Crippen molar-refractivity contribution in [3.63, 3.8) is 0 Å². The van der Waals surface area contributed by atoms with Crippen LogP contribution >= 0.6 is 0 Å². The number of amides is 2. The first kappa shape index (κ1) is 18.9. The van der Waals surface area contributed by atoms with E-state index in [0.29, 0.717) is 0 Å². The van der Waals surface area contributed by atoms with Crippen LogP contribution in [0.25, 0.3) is 0 Å². The highest BCUT2D eigenvalue weighted by molar-refractivity contribution is 7.84. The predicted molar refractivity (Wildman–Crippen MR) is 111 cm³/mol. The molecule has 1 aromatic rings. The van der Waals surface area contributed by atoms with Crippen LogP contribution < -0.4 is 10.0 Å². The van der Waals surface area contributed by atoms with Crippen molar-refractivity contribution in [2.24, 2.45) is 0 Å². The maximum atomic E-state index is 12.7. The summed E-state index contributed by atoms with van der Waals surface area (Å²) in [4.78, 5) is 15.0. The number of hydrogen-bond acceptors (Lipinski definition) is 3. The number of anilines is 1. The van der Waals surface area contributed by atoms with Crippen molar-refractivity contribution >= 4 is 22.7 Å². The SMILES string of the molecule is CCN1CCCC(S(=O)NC(=O)Nc2c3c(cc4c2CCC4)CCC3)CC1. The highest BCUT2D eigenvalue weighted by Gasteiger charge is 2.27. The molecule has 148 valence electrons. The molecule has 0 radical (unpaired) electrons. The molecule has 27 heavy (non-hydrogen) atoms. The molecule has 1 fully saturated rings. The number of carbonyl (C=O) groups is 1. The Kier molecular flexibility index (Phi) is 5.83. The van der Waals surface area contributed by atoms with Gasteiger partial charge in [-0.2, -0.15) is 0 Å². The number of fused-ring (bicyclic) bond motifs is 2. The highest BCUT2D eigenvalue weighted by Crippen LogP contribution is 2.38. The van der Waals surface area contributed by atoms with E-state index in [0.717, 1.165) is 83.1 Å². The van der Waals surface area contributed by atoms with Crippen LogP contribution in [0.2, 0.25) is 0 Å². The van der Waals surface area contributed by atoms with Crippen LogP contribution in [-0.4, -0.2) is 40.0 Å². The lowest BCUT2D eigenvalue weighted by Gasteiger charge is -2.19. The molecule has 6 heteroatoms. The number of carbonyl (C=O) groups excluding carboxylic acids is 1. The van der Waals surface area contributed by atoms with Crippen LogP contribution in [0.15, 0.2) is 6.07 Å². The second kappa shape index (κ2) is 8.31. The Balaban J connectivity index is 1.42. The van der Waals surface area contributed by atoms with E-state index in [1.165, 1.54) is 22.3 Å². The summed E-state index contributed by atoms with van der Waals surface area (Å²) in [7, 11) is -1.32. The monoisotopic (exact) mass is 389 g/mol. The van der Waals surface area contributed by atoms with E-state index < -0.39 is 11.0 Å². The average molecular weight is 390 g/mol. The minimum absolute atomic E-state index is 0.0551. The largest absolute Gasteiger partial charge is 0.331 e. The molecule has 0 aromatic heterocycles. The van der Waals surface area contributed by atoms with Gasteiger partial charge in [-0.3, -0.25) is 4.72 Å². The molecule has 2 atom stereocenters. The summed E-state index contributed by atoms with van der Waals surface area (Å²) in [6.07, 6.45) is 9.48. The Morgan fingerprint density at radius 2 is 1.78 bits per heavy atom. The molecule has 1 aliphatic heterocycles. The van der Waals surface area contributed by atoms with Gasteiger partial charge in [0.05, 0.1) is 5.25 Å². The summed E-state index contributed by atoms with van der Waals surface area (Å²) in [6.45, 7) is 5.24. The van der Waals surface area contributed by atoms with Gasteiger partial charge in [0.25, 0.3) is 0 Å². The summed E-state index contributed by atoms with van der Waals surface area (Å²) in [5.41, 5.74) is 6.44. The minimum atomic E-state index is -1.32. The van der Waals surface area contributed by atoms with E-state index in [9.17, 15) is 9.00 Å². The van der Waals surface area contributed by atoms with Crippen molar-refractivity contribution in [3.05, 3.63) is 28.3 Å². The van der Waals surface area contributed by atoms with Gasteiger partial charge in [-0.25, -0.2) is 9.00 Å². The molecular weight excluding hydrogens is 358 g/mol. The molecule has 0 spiro atoms. The summed E-state index contributed by atoms with van der Waals surface area (Å²) in [6, 6.07) is 2.05. The van der Waals surface area contributed by atoms with E-state index in [1.807, 2.05) is 0 Å². The van der Waals surface area contributed by atoms with Gasteiger partial charge in [0.1, 0.15) is 11.0 Å². The standard InChI is InChI=1S/C21H31N3O2S/c1-2-24-12-5-8-17(11-13-24)27(26)23-21(25)22-20-18-9-3-6-15(18)14-16-7-4-10-19(16)20/h14,17H,2-13H2,1H3,(H2,22,23,25). The van der Waals surface area contributed by atoms with Crippen LogP contribution in [0.1, 0.15) is 61.3 Å². The Morgan fingerprint density at radius 1 is 1.07 bits per heavy atom. The Morgan fingerprint density at radius 3 is 2.44 bits per heavy atom. The molecule has 4 rings (SSSR count). The van der Waals surface area contributed by atoms with Gasteiger partial charge in [-0.15, -0.1) is 0 Å². The molecule has 1 saturated heterocycles. The van der Waals surface area contributed by atoms with Crippen LogP contribution in [0.3, 0.4) is 0 Å². The molecule has 1 heterocycles. The quantitative estimate of drug-likeness (QED) is 0.830. The van der Waals surface area contributed by atoms with Gasteiger partial charge >= 0.3 is 6.03 Å². The van der Waals surface area contributed by atoms with Gasteiger partial charge < -0.3 is 10.2 Å². The summed E-state index contributed by atoms with van der Waals surface area (Å²) >= 11 is 0. The molecule has 3 aliphatic rings. The molecule has 2 N–H and O–H groups in total. The maximum absolute atomic E-state index is 12.7. The number of benzene rings is 1. The second-order valence-corrected chi connectivity index (χ2v) is 9.54. The molecule has 1 aromatic carbocycles. The molecule has 0 bridgehead atoms. The van der Waals surface area contributed by atoms with Gasteiger partial charge in [0.2, 0.25) is 0 Å². The second-order valence-electron chi connectivity index (χ2n) is 8.07. The zero-order chi connectivity index (χ0) is 18.8. The lowest BCUT2D eigenvalue weighted by molar-refractivity contribution is 0.256. The molecule has 0 saturated carbocycles. The summed E-state index contributed by atoms with van der Waals surface area (Å²) < 4.78 is 15.5. The first-order valence-electron chi connectivity index (χ1n) is 10.5. The number of rotatable bonds is 4. The van der Waals surface area contributed by atoms with Gasteiger partial charge in [-0.1, -0.05) is 13.0 Å². The van der Waals surface area contributed by atoms with Gasteiger partial charge in [0.15, 0.2) is 0 Å². The minimum Gasteiger partial charge on any atom is -0.307 e. The number of hydrogen-bond donors (Lipinski definition) is 2. The third-order valence-electron chi connectivity index (χ3n) is 6.42. The Labute approximate surface area is 164 Å². The normalized spacial score (nSPS) is 23.4. The van der Waals surface area contributed by atoms with Crippen molar-refractivity contribution in [1.82, 2.24) is 9.62 Å². The van der Waals surface area contributed by atoms with E-state index in [1.54, 1.807) is 0 Å². The topological polar surface area (TPSA) is 61.4 Å². The first-order chi connectivity index (χ1) is 13.2. The molecule has 5 nitrogen and oxygen atoms in total. The fraction of sp³-hybridized carbons (Fsp3) is 0.667. The Bertz CT molecular complexity index is 717. The average Bonchev–Trinajstić information content (AvgIpc) is 3.25. The highest BCUT2D eigenvalue weighted by atomic mass is 32.2. The third-order valence-corrected chi connectivity index (χ3v) is 7.89. The molecular formula is C21H31N3O2S. The van der Waals surface area contributed by atoms with Gasteiger partial charge in [-0.05, 0) is 99.7 Å². The van der Waals surface area contributed by atoms with Crippen LogP contribution in [0.4, 0.5) is 10.5 Å². The molecule has 2 aliphatic carbocycles. The number of nitrogens with one attached hydrogen (secondary N) is 2. The predicted octanol–water partition coefficient (Wildman–Crippen LogP) is 3.32. The zero-order valence-corrected chi connectivity index (χ0v) is 17.1. The van der Waals surface area contributed by atoms with E-state index in [2.05, 4.69) is 27.9 Å². The van der Waals surface area contributed by atoms with Gasteiger partial charge in [0, 0.05) is 5.69 Å². The maximum Gasteiger partial charge on any atom is 0.331 e. The summed E-state index contributed by atoms with van der Waals surface area (Å²) in [5, 5.41) is 3.15. The van der Waals surface area contributed by atoms with E-state index in [4.69, 9.17) is 0 Å². The van der Waals surface area contributed by atoms with Crippen molar-refractivity contribution in [2.75, 3.05) is 25.0 Å². The lowest BCUT2D eigenvalue weighted by Crippen LogP contribution is -2.37. The van der Waals surface area contributed by atoms with Crippen LogP contribution in [0.5, 0.6) is 0 Å². The van der Waals surface area contributed by atoms with Crippen molar-refractivity contribution in [1.29, 1.82) is 0 Å². The Hall–Kier alpha value is -1.40. The number of nitrogens with zero attached hydrogens (tertiary/aromatic N) is 1. The molecule has 2 amide bonds. The smallest absolute Gasteiger partial charge is 0.307 e. The number of urea groups is 1. The number of aryl methyl sites for hydroxylation is 2.